The Labute approximate surface area is 101 Å². The molecule has 2 nitrogen and oxygen atoms in total. The van der Waals surface area contributed by atoms with Gasteiger partial charge in [0.25, 0.3) is 0 Å². The first-order chi connectivity index (χ1) is 7.69. The van der Waals surface area contributed by atoms with Gasteiger partial charge in [0, 0.05) is 5.54 Å². The molecule has 2 heteroatoms. The molecule has 0 aromatic carbocycles. The van der Waals surface area contributed by atoms with E-state index in [0.717, 1.165) is 13.0 Å². The molecule has 0 amide bonds. The molecule has 1 aliphatic rings. The Morgan fingerprint density at radius 2 is 1.94 bits per heavy atom. The minimum atomic E-state index is 0.116. The number of likely N-dealkylation sites (N-methyl/N-ethyl adjacent to an activating group) is 1. The zero-order valence-electron chi connectivity index (χ0n) is 11.1. The van der Waals surface area contributed by atoms with E-state index in [-0.39, 0.29) is 11.6 Å². The Morgan fingerprint density at radius 1 is 1.31 bits per heavy atom. The van der Waals surface area contributed by atoms with Crippen LogP contribution in [0.1, 0.15) is 46.5 Å². The van der Waals surface area contributed by atoms with Crippen molar-refractivity contribution in [1.29, 1.82) is 0 Å². The second-order valence-corrected chi connectivity index (χ2v) is 4.92. The maximum atomic E-state index is 5.69. The van der Waals surface area contributed by atoms with E-state index >= 15 is 0 Å². The SMILES string of the molecule is C#CC(NCC)C(C)(CC)N1CCCCC1. The summed E-state index contributed by atoms with van der Waals surface area (Å²) in [4.78, 5) is 2.59. The predicted molar refractivity (Wildman–Crippen MR) is 70.4 cm³/mol. The van der Waals surface area contributed by atoms with Gasteiger partial charge in [-0.15, -0.1) is 6.42 Å². The first-order valence-electron chi connectivity index (χ1n) is 6.63. The van der Waals surface area contributed by atoms with Crippen LogP contribution in [0.25, 0.3) is 0 Å². The minimum Gasteiger partial charge on any atom is -0.302 e. The number of rotatable bonds is 5. The molecule has 1 N–H and O–H groups in total. The van der Waals surface area contributed by atoms with Gasteiger partial charge in [0.1, 0.15) is 0 Å². The van der Waals surface area contributed by atoms with E-state index in [0.29, 0.717) is 0 Å². The van der Waals surface area contributed by atoms with Crippen molar-refractivity contribution in [1.82, 2.24) is 10.2 Å². The second kappa shape index (κ2) is 6.27. The van der Waals surface area contributed by atoms with Crippen molar-refractivity contribution in [2.45, 2.75) is 58.0 Å². The van der Waals surface area contributed by atoms with Crippen molar-refractivity contribution in [3.63, 3.8) is 0 Å². The molecule has 0 aromatic rings. The van der Waals surface area contributed by atoms with Crippen LogP contribution in [0.2, 0.25) is 0 Å². The summed E-state index contributed by atoms with van der Waals surface area (Å²) in [5, 5.41) is 3.44. The summed E-state index contributed by atoms with van der Waals surface area (Å²) in [6, 6.07) is 0.167. The Balaban J connectivity index is 2.76. The maximum absolute atomic E-state index is 5.69. The van der Waals surface area contributed by atoms with Crippen LogP contribution in [0.4, 0.5) is 0 Å². The molecule has 0 bridgehead atoms. The summed E-state index contributed by atoms with van der Waals surface area (Å²) < 4.78 is 0. The van der Waals surface area contributed by atoms with E-state index in [1.165, 1.54) is 32.4 Å². The van der Waals surface area contributed by atoms with Crippen LogP contribution in [0.15, 0.2) is 0 Å². The van der Waals surface area contributed by atoms with E-state index < -0.39 is 0 Å². The molecule has 1 rings (SSSR count). The molecule has 1 fully saturated rings. The van der Waals surface area contributed by atoms with Gasteiger partial charge in [0.15, 0.2) is 0 Å². The minimum absolute atomic E-state index is 0.116. The highest BCUT2D eigenvalue weighted by Crippen LogP contribution is 2.27. The molecular formula is C14H26N2. The summed E-state index contributed by atoms with van der Waals surface area (Å²) in [5.74, 6) is 2.94. The summed E-state index contributed by atoms with van der Waals surface area (Å²) in [6.07, 6.45) is 10.8. The maximum Gasteiger partial charge on any atom is 0.0870 e. The average Bonchev–Trinajstić information content (AvgIpc) is 2.36. The fraction of sp³-hybridized carbons (Fsp3) is 0.857. The molecule has 1 saturated heterocycles. The molecule has 0 aliphatic carbocycles. The molecule has 1 heterocycles. The van der Waals surface area contributed by atoms with Crippen LogP contribution in [0.5, 0.6) is 0 Å². The molecule has 2 unspecified atom stereocenters. The van der Waals surface area contributed by atoms with Crippen LogP contribution in [0, 0.1) is 12.3 Å². The van der Waals surface area contributed by atoms with Gasteiger partial charge in [-0.05, 0) is 45.8 Å². The molecule has 0 aromatic heterocycles. The normalized spacial score (nSPS) is 23.4. The van der Waals surface area contributed by atoms with Gasteiger partial charge in [-0.3, -0.25) is 4.90 Å². The Bertz CT molecular complexity index is 238. The van der Waals surface area contributed by atoms with Crippen LogP contribution in [0.3, 0.4) is 0 Å². The predicted octanol–water partition coefficient (Wildman–Crippen LogP) is 2.25. The fourth-order valence-electron chi connectivity index (χ4n) is 2.68. The number of likely N-dealkylation sites (tertiary alicyclic amines) is 1. The number of hydrogen-bond acceptors (Lipinski definition) is 2. The first kappa shape index (κ1) is 13.5. The molecule has 2 atom stereocenters. The van der Waals surface area contributed by atoms with Crippen LogP contribution in [-0.2, 0) is 0 Å². The van der Waals surface area contributed by atoms with Gasteiger partial charge in [-0.25, -0.2) is 0 Å². The lowest BCUT2D eigenvalue weighted by Gasteiger charge is -2.46. The third-order valence-electron chi connectivity index (χ3n) is 3.99. The lowest BCUT2D eigenvalue weighted by molar-refractivity contribution is 0.0594. The number of nitrogens with zero attached hydrogens (tertiary/aromatic N) is 1. The zero-order chi connectivity index (χ0) is 12.0. The molecule has 1 aliphatic heterocycles. The number of hydrogen-bond donors (Lipinski definition) is 1. The molecule has 92 valence electrons. The lowest BCUT2D eigenvalue weighted by atomic mass is 9.86. The molecule has 0 spiro atoms. The summed E-state index contributed by atoms with van der Waals surface area (Å²) >= 11 is 0. The quantitative estimate of drug-likeness (QED) is 0.718. The van der Waals surface area contributed by atoms with Gasteiger partial charge in [0.05, 0.1) is 6.04 Å². The fourth-order valence-corrected chi connectivity index (χ4v) is 2.68. The van der Waals surface area contributed by atoms with E-state index in [4.69, 9.17) is 6.42 Å². The van der Waals surface area contributed by atoms with Crippen molar-refractivity contribution in [2.24, 2.45) is 0 Å². The standard InChI is InChI=1S/C14H26N2/c1-5-13(15-7-3)14(4,6-2)16-11-9-8-10-12-16/h1,13,15H,6-12H2,2-4H3. The van der Waals surface area contributed by atoms with Gasteiger partial charge < -0.3 is 5.32 Å². The Hall–Kier alpha value is -0.520. The topological polar surface area (TPSA) is 15.3 Å². The van der Waals surface area contributed by atoms with Crippen molar-refractivity contribution in [2.75, 3.05) is 19.6 Å². The van der Waals surface area contributed by atoms with Gasteiger partial charge in [-0.2, -0.15) is 0 Å². The number of nitrogens with one attached hydrogen (secondary N) is 1. The summed E-state index contributed by atoms with van der Waals surface area (Å²) in [6.45, 7) is 10.0. The number of piperidine rings is 1. The molecule has 0 saturated carbocycles. The van der Waals surface area contributed by atoms with E-state index in [1.807, 2.05) is 0 Å². The van der Waals surface area contributed by atoms with Crippen LogP contribution in [-0.4, -0.2) is 36.1 Å². The smallest absolute Gasteiger partial charge is 0.0870 e. The molecule has 16 heavy (non-hydrogen) atoms. The third-order valence-corrected chi connectivity index (χ3v) is 3.99. The summed E-state index contributed by atoms with van der Waals surface area (Å²) in [5.41, 5.74) is 0.116. The lowest BCUT2D eigenvalue weighted by Crippen LogP contribution is -2.60. The third kappa shape index (κ3) is 2.78. The van der Waals surface area contributed by atoms with Gasteiger partial charge in [-0.1, -0.05) is 26.2 Å². The monoisotopic (exact) mass is 222 g/mol. The highest BCUT2D eigenvalue weighted by atomic mass is 15.2. The van der Waals surface area contributed by atoms with Crippen LogP contribution >= 0.6 is 0 Å². The van der Waals surface area contributed by atoms with Crippen molar-refractivity contribution < 1.29 is 0 Å². The average molecular weight is 222 g/mol. The number of terminal acetylenes is 1. The molecular weight excluding hydrogens is 196 g/mol. The van der Waals surface area contributed by atoms with Crippen LogP contribution < -0.4 is 5.32 Å². The van der Waals surface area contributed by atoms with Crippen molar-refractivity contribution >= 4 is 0 Å². The zero-order valence-corrected chi connectivity index (χ0v) is 11.1. The Kier molecular flexibility index (Phi) is 5.31. The van der Waals surface area contributed by atoms with E-state index in [9.17, 15) is 0 Å². The van der Waals surface area contributed by atoms with Crippen molar-refractivity contribution in [3.8, 4) is 12.3 Å². The van der Waals surface area contributed by atoms with Crippen molar-refractivity contribution in [3.05, 3.63) is 0 Å². The largest absolute Gasteiger partial charge is 0.302 e. The highest BCUT2D eigenvalue weighted by molar-refractivity contribution is 5.12. The molecule has 0 radical (unpaired) electrons. The van der Waals surface area contributed by atoms with E-state index in [1.54, 1.807) is 0 Å². The highest BCUT2D eigenvalue weighted by Gasteiger charge is 2.37. The summed E-state index contributed by atoms with van der Waals surface area (Å²) in [7, 11) is 0. The van der Waals surface area contributed by atoms with Gasteiger partial charge >= 0.3 is 0 Å². The second-order valence-electron chi connectivity index (χ2n) is 4.92. The first-order valence-corrected chi connectivity index (χ1v) is 6.63. The van der Waals surface area contributed by atoms with Gasteiger partial charge in [0.2, 0.25) is 0 Å². The van der Waals surface area contributed by atoms with E-state index in [2.05, 4.69) is 36.9 Å². The Morgan fingerprint density at radius 3 is 2.38 bits per heavy atom.